The molecule has 1 aromatic carbocycles. The third-order valence-electron chi connectivity index (χ3n) is 5.19. The summed E-state index contributed by atoms with van der Waals surface area (Å²) in [5.74, 6) is -1.17. The van der Waals surface area contributed by atoms with Crippen molar-refractivity contribution in [2.75, 3.05) is 14.1 Å². The summed E-state index contributed by atoms with van der Waals surface area (Å²) in [6.45, 7) is 1.86. The minimum Gasteiger partial charge on any atom is -0.503 e. The van der Waals surface area contributed by atoms with E-state index in [2.05, 4.69) is 15.4 Å². The summed E-state index contributed by atoms with van der Waals surface area (Å²) in [4.78, 5) is 27.9. The van der Waals surface area contributed by atoms with Gasteiger partial charge in [-0.1, -0.05) is 24.3 Å². The van der Waals surface area contributed by atoms with Crippen LogP contribution in [0.2, 0.25) is 0 Å². The smallest absolute Gasteiger partial charge is 0.275 e. The Bertz CT molecular complexity index is 1070. The molecular weight excluding hydrogens is 387 g/mol. The topological polar surface area (TPSA) is 96.6 Å². The van der Waals surface area contributed by atoms with Crippen molar-refractivity contribution in [2.45, 2.75) is 37.9 Å². The molecule has 1 saturated carbocycles. The highest BCUT2D eigenvalue weighted by molar-refractivity contribution is 6.09. The molecular formula is C22H25FN4O3. The first-order valence-electron chi connectivity index (χ1n) is 9.71. The van der Waals surface area contributed by atoms with Crippen molar-refractivity contribution in [3.63, 3.8) is 0 Å². The lowest BCUT2D eigenvalue weighted by atomic mass is 9.92. The third-order valence-corrected chi connectivity index (χ3v) is 5.19. The molecule has 3 rings (SSSR count). The summed E-state index contributed by atoms with van der Waals surface area (Å²) in [7, 11) is 3.04. The molecule has 158 valence electrons. The van der Waals surface area contributed by atoms with Crippen molar-refractivity contribution in [3.05, 3.63) is 63.6 Å². The minimum atomic E-state index is -1.10. The summed E-state index contributed by atoms with van der Waals surface area (Å²) in [5, 5.41) is 16.5. The number of aromatic nitrogens is 2. The van der Waals surface area contributed by atoms with Gasteiger partial charge in [0, 0.05) is 25.7 Å². The summed E-state index contributed by atoms with van der Waals surface area (Å²) in [6.07, 6.45) is 5.07. The van der Waals surface area contributed by atoms with Crippen LogP contribution in [0.25, 0.3) is 5.57 Å². The second kappa shape index (κ2) is 8.61. The molecule has 0 aliphatic heterocycles. The van der Waals surface area contributed by atoms with Gasteiger partial charge in [0.2, 0.25) is 0 Å². The summed E-state index contributed by atoms with van der Waals surface area (Å²) >= 11 is 0. The van der Waals surface area contributed by atoms with Crippen LogP contribution in [0, 0.1) is 0 Å². The Balaban J connectivity index is 1.96. The first kappa shape index (κ1) is 21.4. The Kier molecular flexibility index (Phi) is 6.14. The van der Waals surface area contributed by atoms with Crippen LogP contribution in [0.3, 0.4) is 0 Å². The number of carbonyl (C=O) groups excluding carboxylic acids is 1. The van der Waals surface area contributed by atoms with Gasteiger partial charge < -0.3 is 10.4 Å². The van der Waals surface area contributed by atoms with Gasteiger partial charge in [0.15, 0.2) is 11.4 Å². The Morgan fingerprint density at radius 2 is 2.20 bits per heavy atom. The molecule has 8 heteroatoms. The average Bonchev–Trinajstić information content (AvgIpc) is 3.50. The van der Waals surface area contributed by atoms with E-state index in [0.717, 1.165) is 24.0 Å². The van der Waals surface area contributed by atoms with Crippen LogP contribution in [0.1, 0.15) is 41.4 Å². The molecule has 1 heterocycles. The van der Waals surface area contributed by atoms with Crippen LogP contribution in [0.5, 0.6) is 5.75 Å². The van der Waals surface area contributed by atoms with Gasteiger partial charge in [-0.25, -0.2) is 4.39 Å². The van der Waals surface area contributed by atoms with E-state index >= 15 is 0 Å². The second-order valence-corrected chi connectivity index (χ2v) is 7.52. The fourth-order valence-electron chi connectivity index (χ4n) is 3.50. The van der Waals surface area contributed by atoms with Crippen molar-refractivity contribution in [3.8, 4) is 5.75 Å². The number of hydrogen-bond acceptors (Lipinski definition) is 5. The lowest BCUT2D eigenvalue weighted by molar-refractivity contribution is 0.0953. The number of hydrogen-bond donors (Lipinski definition) is 2. The summed E-state index contributed by atoms with van der Waals surface area (Å²) in [6, 6.07) is 7.82. The number of amides is 1. The molecule has 0 saturated heterocycles. The zero-order chi connectivity index (χ0) is 21.9. The van der Waals surface area contributed by atoms with Crippen molar-refractivity contribution in [2.24, 2.45) is 4.99 Å². The Morgan fingerprint density at radius 3 is 2.80 bits per heavy atom. The van der Waals surface area contributed by atoms with Crippen LogP contribution in [0.4, 0.5) is 4.39 Å². The normalized spacial score (nSPS) is 16.5. The van der Waals surface area contributed by atoms with E-state index in [1.807, 2.05) is 24.3 Å². The van der Waals surface area contributed by atoms with Gasteiger partial charge >= 0.3 is 0 Å². The zero-order valence-electron chi connectivity index (χ0n) is 17.2. The van der Waals surface area contributed by atoms with Crippen molar-refractivity contribution < 1.29 is 14.3 Å². The molecule has 0 radical (unpaired) electrons. The van der Waals surface area contributed by atoms with Crippen LogP contribution >= 0.6 is 0 Å². The standard InChI is InChI=1S/C22H25FN4O3/c1-14(23)9-16(11-24-2)15-5-4-6-17(10-15)22(7-8-22)13-27-12-18(28)20(29)19(26-27)21(30)25-3/h4-6,9-12,14,28H,7-8,13H2,1-3H3,(H,25,30)/b16-9+,24-11?. The average molecular weight is 412 g/mol. The van der Waals surface area contributed by atoms with Crippen molar-refractivity contribution >= 4 is 17.7 Å². The van der Waals surface area contributed by atoms with Crippen molar-refractivity contribution in [1.29, 1.82) is 0 Å². The van der Waals surface area contributed by atoms with E-state index in [-0.39, 0.29) is 11.1 Å². The van der Waals surface area contributed by atoms with Gasteiger partial charge in [-0.3, -0.25) is 19.3 Å². The van der Waals surface area contributed by atoms with Gasteiger partial charge in [-0.05, 0) is 42.5 Å². The number of nitrogens with zero attached hydrogens (tertiary/aromatic N) is 3. The van der Waals surface area contributed by atoms with Gasteiger partial charge in [0.25, 0.3) is 11.3 Å². The van der Waals surface area contributed by atoms with Gasteiger partial charge in [-0.15, -0.1) is 0 Å². The quantitative estimate of drug-likeness (QED) is 0.683. The third kappa shape index (κ3) is 4.48. The molecule has 0 bridgehead atoms. The van der Waals surface area contributed by atoms with Crippen LogP contribution in [-0.2, 0) is 12.0 Å². The molecule has 30 heavy (non-hydrogen) atoms. The van der Waals surface area contributed by atoms with E-state index in [1.165, 1.54) is 30.9 Å². The van der Waals surface area contributed by atoms with E-state index in [4.69, 9.17) is 0 Å². The number of rotatable bonds is 7. The molecule has 1 unspecified atom stereocenters. The highest BCUT2D eigenvalue weighted by Gasteiger charge is 2.45. The SMILES string of the molecule is CN=C/C(=C\C(C)F)c1cccc(C2(Cn3cc(O)c(=O)c(C(=O)NC)n3)CC2)c1. The fraction of sp³-hybridized carbons (Fsp3) is 0.364. The maximum absolute atomic E-state index is 13.6. The molecule has 1 atom stereocenters. The lowest BCUT2D eigenvalue weighted by Crippen LogP contribution is -2.30. The number of alkyl halides is 1. The number of aromatic hydroxyl groups is 1. The Labute approximate surface area is 174 Å². The number of carbonyl (C=O) groups is 1. The van der Waals surface area contributed by atoms with E-state index in [1.54, 1.807) is 13.3 Å². The molecule has 0 spiro atoms. The monoisotopic (exact) mass is 412 g/mol. The van der Waals surface area contributed by atoms with Crippen LogP contribution in [-0.4, -0.2) is 47.3 Å². The summed E-state index contributed by atoms with van der Waals surface area (Å²) in [5.41, 5.74) is 1.22. The van der Waals surface area contributed by atoms with Crippen LogP contribution in [0.15, 0.2) is 46.3 Å². The van der Waals surface area contributed by atoms with Gasteiger partial charge in [0.1, 0.15) is 6.17 Å². The highest BCUT2D eigenvalue weighted by atomic mass is 19.1. The maximum atomic E-state index is 13.6. The Hall–Kier alpha value is -3.29. The molecule has 1 aliphatic carbocycles. The molecule has 1 fully saturated rings. The molecule has 1 aliphatic rings. The van der Waals surface area contributed by atoms with E-state index in [9.17, 15) is 19.1 Å². The first-order chi connectivity index (χ1) is 14.3. The second-order valence-electron chi connectivity index (χ2n) is 7.52. The number of benzene rings is 1. The van der Waals surface area contributed by atoms with Gasteiger partial charge in [-0.2, -0.15) is 5.10 Å². The molecule has 1 aromatic heterocycles. The largest absolute Gasteiger partial charge is 0.503 e. The highest BCUT2D eigenvalue weighted by Crippen LogP contribution is 2.49. The van der Waals surface area contributed by atoms with E-state index in [0.29, 0.717) is 12.1 Å². The maximum Gasteiger partial charge on any atom is 0.275 e. The predicted octanol–water partition coefficient (Wildman–Crippen LogP) is 2.48. The van der Waals surface area contributed by atoms with Gasteiger partial charge in [0.05, 0.1) is 12.7 Å². The molecule has 1 amide bonds. The Morgan fingerprint density at radius 1 is 1.47 bits per heavy atom. The number of nitrogens with one attached hydrogen (secondary N) is 1. The number of aliphatic imine (C=N–C) groups is 1. The predicted molar refractivity (Wildman–Crippen MR) is 114 cm³/mol. The zero-order valence-corrected chi connectivity index (χ0v) is 17.2. The number of halogens is 1. The van der Waals surface area contributed by atoms with Crippen LogP contribution < -0.4 is 10.7 Å². The first-order valence-corrected chi connectivity index (χ1v) is 9.71. The minimum absolute atomic E-state index is 0.236. The molecule has 7 nitrogen and oxygen atoms in total. The number of allylic oxidation sites excluding steroid dienone is 2. The summed E-state index contributed by atoms with van der Waals surface area (Å²) < 4.78 is 15.0. The fourth-order valence-corrected chi connectivity index (χ4v) is 3.50. The molecule has 2 N–H and O–H groups in total. The van der Waals surface area contributed by atoms with Crippen molar-refractivity contribution in [1.82, 2.24) is 15.1 Å². The lowest BCUT2D eigenvalue weighted by Gasteiger charge is -2.19. The molecule has 2 aromatic rings. The van der Waals surface area contributed by atoms with E-state index < -0.39 is 23.3 Å².